The Labute approximate surface area is 187 Å². The minimum atomic E-state index is -3.82. The van der Waals surface area contributed by atoms with Gasteiger partial charge in [0.05, 0.1) is 10.6 Å². The molecule has 10 nitrogen and oxygen atoms in total. The molecule has 0 radical (unpaired) electrons. The highest BCUT2D eigenvalue weighted by Gasteiger charge is 2.13. The molecule has 0 aliphatic carbocycles. The minimum Gasteiger partial charge on any atom is -0.324 e. The van der Waals surface area contributed by atoms with Crippen molar-refractivity contribution < 1.29 is 16.8 Å². The molecule has 0 spiro atoms. The van der Waals surface area contributed by atoms with E-state index in [0.29, 0.717) is 17.3 Å². The van der Waals surface area contributed by atoms with Crippen molar-refractivity contribution in [2.75, 3.05) is 19.4 Å². The maximum atomic E-state index is 11.9. The fourth-order valence-electron chi connectivity index (χ4n) is 2.76. The molecule has 0 saturated carbocycles. The third kappa shape index (κ3) is 5.87. The molecule has 0 aliphatic rings. The van der Waals surface area contributed by atoms with Crippen molar-refractivity contribution in [2.24, 2.45) is 5.14 Å². The van der Waals surface area contributed by atoms with Crippen LogP contribution in [-0.2, 0) is 26.8 Å². The molecular formula is C20H24N6O4S2. The highest BCUT2D eigenvalue weighted by Crippen LogP contribution is 2.24. The van der Waals surface area contributed by atoms with E-state index in [4.69, 9.17) is 5.14 Å². The van der Waals surface area contributed by atoms with Crippen LogP contribution in [0.1, 0.15) is 11.1 Å². The van der Waals surface area contributed by atoms with Crippen LogP contribution in [0.3, 0.4) is 0 Å². The molecule has 12 heteroatoms. The normalized spacial score (nSPS) is 12.2. The predicted molar refractivity (Wildman–Crippen MR) is 123 cm³/mol. The maximum absolute atomic E-state index is 11.9. The Morgan fingerprint density at radius 2 is 1.72 bits per heavy atom. The van der Waals surface area contributed by atoms with Crippen LogP contribution in [0.4, 0.5) is 11.6 Å². The first-order valence-corrected chi connectivity index (χ1v) is 12.4. The fraction of sp³-hybridized carbons (Fsp3) is 0.200. The number of anilines is 2. The molecule has 3 rings (SSSR count). The molecule has 0 atom stereocenters. The largest absolute Gasteiger partial charge is 0.324 e. The van der Waals surface area contributed by atoms with E-state index >= 15 is 0 Å². The molecule has 0 unspecified atom stereocenters. The van der Waals surface area contributed by atoms with Gasteiger partial charge in [-0.2, -0.15) is 17.4 Å². The van der Waals surface area contributed by atoms with Gasteiger partial charge in [-0.25, -0.2) is 23.5 Å². The SMILES string of the molecule is Cc1cnc(Nc2cccc(S(N)(=O)=O)c2)nc1-c1ccc(CNS(=O)(=O)N(C)C)cc1. The van der Waals surface area contributed by atoms with Gasteiger partial charge in [0, 0.05) is 38.1 Å². The highest BCUT2D eigenvalue weighted by molar-refractivity contribution is 7.89. The lowest BCUT2D eigenvalue weighted by molar-refractivity contribution is 0.505. The number of sulfonamides is 1. The van der Waals surface area contributed by atoms with Crippen LogP contribution in [0.25, 0.3) is 11.3 Å². The van der Waals surface area contributed by atoms with Crippen LogP contribution < -0.4 is 15.2 Å². The van der Waals surface area contributed by atoms with Crippen molar-refractivity contribution in [3.63, 3.8) is 0 Å². The molecule has 0 amide bonds. The Balaban J connectivity index is 1.80. The lowest BCUT2D eigenvalue weighted by Crippen LogP contribution is -2.35. The smallest absolute Gasteiger partial charge is 0.279 e. The number of nitrogens with two attached hydrogens (primary N) is 1. The highest BCUT2D eigenvalue weighted by atomic mass is 32.2. The third-order valence-corrected chi connectivity index (χ3v) is 6.94. The van der Waals surface area contributed by atoms with E-state index in [-0.39, 0.29) is 11.4 Å². The van der Waals surface area contributed by atoms with Crippen LogP contribution in [-0.4, -0.2) is 45.2 Å². The Hall–Kier alpha value is -2.90. The minimum absolute atomic E-state index is 0.0182. The Bertz CT molecular complexity index is 1320. The van der Waals surface area contributed by atoms with E-state index in [1.807, 2.05) is 31.2 Å². The first kappa shape index (κ1) is 23.8. The van der Waals surface area contributed by atoms with Gasteiger partial charge in [0.2, 0.25) is 16.0 Å². The molecule has 2 aromatic carbocycles. The second-order valence-electron chi connectivity index (χ2n) is 7.23. The van der Waals surface area contributed by atoms with Gasteiger partial charge in [-0.1, -0.05) is 30.3 Å². The van der Waals surface area contributed by atoms with Crippen molar-refractivity contribution >= 4 is 31.9 Å². The van der Waals surface area contributed by atoms with Crippen molar-refractivity contribution in [3.8, 4) is 11.3 Å². The zero-order valence-electron chi connectivity index (χ0n) is 17.8. The third-order valence-electron chi connectivity index (χ3n) is 4.56. The molecule has 0 bridgehead atoms. The first-order valence-electron chi connectivity index (χ1n) is 9.46. The second-order valence-corrected chi connectivity index (χ2v) is 10.8. The summed E-state index contributed by atoms with van der Waals surface area (Å²) in [6.45, 7) is 2.04. The number of rotatable bonds is 8. The summed E-state index contributed by atoms with van der Waals surface area (Å²) in [7, 11) is -4.41. The van der Waals surface area contributed by atoms with Crippen molar-refractivity contribution in [1.82, 2.24) is 19.0 Å². The maximum Gasteiger partial charge on any atom is 0.279 e. The summed E-state index contributed by atoms with van der Waals surface area (Å²) in [6.07, 6.45) is 1.66. The summed E-state index contributed by atoms with van der Waals surface area (Å²) in [4.78, 5) is 8.79. The van der Waals surface area contributed by atoms with Gasteiger partial charge < -0.3 is 5.32 Å². The molecule has 0 saturated heterocycles. The summed E-state index contributed by atoms with van der Waals surface area (Å²) in [5.74, 6) is 0.292. The van der Waals surface area contributed by atoms with Crippen molar-refractivity contribution in [1.29, 1.82) is 0 Å². The number of aromatic nitrogens is 2. The summed E-state index contributed by atoms with van der Waals surface area (Å²) in [6, 6.07) is 13.4. The standard InChI is InChI=1S/C20H24N6O4S2/c1-14-12-22-20(24-17-5-4-6-18(11-17)31(21,27)28)25-19(14)16-9-7-15(8-10-16)13-23-32(29,30)26(2)3/h4-12,23H,13H2,1-3H3,(H2,21,27,28)(H,22,24,25). The summed E-state index contributed by atoms with van der Waals surface area (Å²) in [5.41, 5.74) is 3.63. The summed E-state index contributed by atoms with van der Waals surface area (Å²) < 4.78 is 50.4. The van der Waals surface area contributed by atoms with Crippen LogP contribution >= 0.6 is 0 Å². The molecule has 1 heterocycles. The molecular weight excluding hydrogens is 452 g/mol. The zero-order chi connectivity index (χ0) is 23.5. The lowest BCUT2D eigenvalue weighted by atomic mass is 10.1. The second kappa shape index (κ2) is 9.30. The van der Waals surface area contributed by atoms with E-state index in [0.717, 1.165) is 21.0 Å². The lowest BCUT2D eigenvalue weighted by Gasteiger charge is -2.13. The van der Waals surface area contributed by atoms with Crippen molar-refractivity contribution in [3.05, 3.63) is 65.9 Å². The number of hydrogen-bond donors (Lipinski definition) is 3. The monoisotopic (exact) mass is 476 g/mol. The molecule has 0 fully saturated rings. The number of primary sulfonamides is 1. The van der Waals surface area contributed by atoms with Gasteiger partial charge in [0.1, 0.15) is 0 Å². The molecule has 32 heavy (non-hydrogen) atoms. The van der Waals surface area contributed by atoms with Crippen LogP contribution in [0.5, 0.6) is 0 Å². The average Bonchev–Trinajstić information content (AvgIpc) is 2.74. The Kier molecular flexibility index (Phi) is 6.91. The number of aryl methyl sites for hydroxylation is 1. The molecule has 170 valence electrons. The average molecular weight is 477 g/mol. The molecule has 1 aromatic heterocycles. The van der Waals surface area contributed by atoms with Crippen molar-refractivity contribution in [2.45, 2.75) is 18.4 Å². The fourth-order valence-corrected chi connectivity index (χ4v) is 3.93. The van der Waals surface area contributed by atoms with Crippen LogP contribution in [0, 0.1) is 6.92 Å². The van der Waals surface area contributed by atoms with Gasteiger partial charge in [-0.15, -0.1) is 0 Å². The number of benzene rings is 2. The predicted octanol–water partition coefficient (Wildman–Crippen LogP) is 1.74. The van der Waals surface area contributed by atoms with Gasteiger partial charge in [0.15, 0.2) is 0 Å². The topological polar surface area (TPSA) is 147 Å². The van der Waals surface area contributed by atoms with Gasteiger partial charge in [0.25, 0.3) is 10.2 Å². The van der Waals surface area contributed by atoms with E-state index in [2.05, 4.69) is 20.0 Å². The van der Waals surface area contributed by atoms with E-state index in [1.54, 1.807) is 18.3 Å². The van der Waals surface area contributed by atoms with Crippen LogP contribution in [0.2, 0.25) is 0 Å². The van der Waals surface area contributed by atoms with Gasteiger partial charge in [-0.3, -0.25) is 0 Å². The number of nitrogens with one attached hydrogen (secondary N) is 2. The zero-order valence-corrected chi connectivity index (χ0v) is 19.4. The quantitative estimate of drug-likeness (QED) is 0.448. The van der Waals surface area contributed by atoms with Gasteiger partial charge in [-0.05, 0) is 36.2 Å². The van der Waals surface area contributed by atoms with Gasteiger partial charge >= 0.3 is 0 Å². The van der Waals surface area contributed by atoms with E-state index in [1.165, 1.54) is 26.2 Å². The Morgan fingerprint density at radius 3 is 2.34 bits per heavy atom. The first-order chi connectivity index (χ1) is 15.0. The molecule has 3 aromatic rings. The number of hydrogen-bond acceptors (Lipinski definition) is 7. The summed E-state index contributed by atoms with van der Waals surface area (Å²) >= 11 is 0. The number of nitrogens with zero attached hydrogens (tertiary/aromatic N) is 3. The molecule has 4 N–H and O–H groups in total. The van der Waals surface area contributed by atoms with Crippen LogP contribution in [0.15, 0.2) is 59.6 Å². The Morgan fingerprint density at radius 1 is 1.03 bits per heavy atom. The summed E-state index contributed by atoms with van der Waals surface area (Å²) in [5, 5.41) is 8.17. The van der Waals surface area contributed by atoms with E-state index < -0.39 is 20.2 Å². The molecule has 0 aliphatic heterocycles. The van der Waals surface area contributed by atoms with E-state index in [9.17, 15) is 16.8 Å².